The van der Waals surface area contributed by atoms with E-state index in [1.165, 1.54) is 12.8 Å². The molecule has 52 heavy (non-hydrogen) atoms. The SMILES string of the molecule is CC1CCN(S(=O)(=O)c2ccc3c(c2)C(=NOCCN2CCCC2)c2cc(S(=O)(=O)N4CCC(C)CC4)ccc2C3=NOCCN2CCCC2)CC1. The Labute approximate surface area is 309 Å². The zero-order valence-electron chi connectivity index (χ0n) is 30.7. The molecule has 0 amide bonds. The highest BCUT2D eigenvalue weighted by Crippen LogP contribution is 2.35. The van der Waals surface area contributed by atoms with Crippen LogP contribution in [0.5, 0.6) is 0 Å². The van der Waals surface area contributed by atoms with Gasteiger partial charge in [-0.25, -0.2) is 16.8 Å². The van der Waals surface area contributed by atoms with Crippen molar-refractivity contribution in [3.63, 3.8) is 0 Å². The van der Waals surface area contributed by atoms with Crippen LogP contribution in [0.25, 0.3) is 0 Å². The summed E-state index contributed by atoms with van der Waals surface area (Å²) in [6, 6.07) is 10.1. The van der Waals surface area contributed by atoms with E-state index >= 15 is 0 Å². The van der Waals surface area contributed by atoms with E-state index in [0.29, 0.717) is 84.9 Å². The number of oxime groups is 2. The van der Waals surface area contributed by atoms with Gasteiger partial charge in [0.2, 0.25) is 20.0 Å². The molecule has 2 aromatic carbocycles. The van der Waals surface area contributed by atoms with Crippen LogP contribution in [0.4, 0.5) is 0 Å². The number of fused-ring (bicyclic) bond motifs is 2. The average Bonchev–Trinajstić information content (AvgIpc) is 3.87. The first-order chi connectivity index (χ1) is 25.1. The minimum absolute atomic E-state index is 0.162. The smallest absolute Gasteiger partial charge is 0.243 e. The summed E-state index contributed by atoms with van der Waals surface area (Å²) in [6.07, 6.45) is 7.95. The average molecular weight is 755 g/mol. The standard InChI is InChI=1S/C38H54N6O6S2/c1-29-11-19-43(20-12-29)51(45,46)31-7-9-33-35(27-31)38(40-50-26-24-42-17-5-6-18-42)36-28-32(52(47,48)44-21-13-30(2)14-22-44)8-10-34(36)37(33)39-49-25-23-41-15-3-4-16-41/h7-10,27-30H,3-6,11-26H2,1-2H3. The van der Waals surface area contributed by atoms with Crippen LogP contribution >= 0.6 is 0 Å². The van der Waals surface area contributed by atoms with Gasteiger partial charge in [0.25, 0.3) is 0 Å². The van der Waals surface area contributed by atoms with Crippen LogP contribution in [0.2, 0.25) is 0 Å². The molecule has 0 radical (unpaired) electrons. The van der Waals surface area contributed by atoms with Crippen LogP contribution in [0.3, 0.4) is 0 Å². The molecule has 4 aliphatic heterocycles. The van der Waals surface area contributed by atoms with E-state index in [0.717, 1.165) is 77.8 Å². The molecule has 0 bridgehead atoms. The van der Waals surface area contributed by atoms with Gasteiger partial charge in [-0.1, -0.05) is 36.3 Å². The molecular weight excluding hydrogens is 701 g/mol. The van der Waals surface area contributed by atoms with E-state index in [2.05, 4.69) is 34.0 Å². The van der Waals surface area contributed by atoms with Gasteiger partial charge in [-0.2, -0.15) is 8.61 Å². The number of sulfonamides is 2. The van der Waals surface area contributed by atoms with Gasteiger partial charge < -0.3 is 9.68 Å². The first-order valence-corrected chi connectivity index (χ1v) is 22.1. The highest BCUT2D eigenvalue weighted by molar-refractivity contribution is 7.89. The second-order valence-electron chi connectivity index (χ2n) is 15.2. The molecule has 0 aromatic heterocycles. The summed E-state index contributed by atoms with van der Waals surface area (Å²) in [4.78, 5) is 17.0. The quantitative estimate of drug-likeness (QED) is 0.195. The number of rotatable bonds is 12. The molecule has 14 heteroatoms. The molecule has 0 saturated carbocycles. The molecule has 4 saturated heterocycles. The Bertz CT molecular complexity index is 1750. The topological polar surface area (TPSA) is 124 Å². The Morgan fingerprint density at radius 3 is 1.31 bits per heavy atom. The van der Waals surface area contributed by atoms with Gasteiger partial charge in [-0.3, -0.25) is 9.80 Å². The summed E-state index contributed by atoms with van der Waals surface area (Å²) in [6.45, 7) is 12.5. The molecule has 0 atom stereocenters. The highest BCUT2D eigenvalue weighted by Gasteiger charge is 2.35. The highest BCUT2D eigenvalue weighted by atomic mass is 32.2. The van der Waals surface area contributed by atoms with Crippen molar-refractivity contribution in [2.24, 2.45) is 22.1 Å². The van der Waals surface area contributed by atoms with Gasteiger partial charge in [-0.05, 0) is 114 Å². The minimum atomic E-state index is -3.80. The summed E-state index contributed by atoms with van der Waals surface area (Å²) in [5.74, 6) is 0.956. The molecule has 0 N–H and O–H groups in total. The predicted molar refractivity (Wildman–Crippen MR) is 202 cm³/mol. The van der Waals surface area contributed by atoms with Crippen molar-refractivity contribution in [2.45, 2.75) is 75.0 Å². The molecule has 1 aliphatic carbocycles. The minimum Gasteiger partial charge on any atom is -0.394 e. The van der Waals surface area contributed by atoms with Gasteiger partial charge in [0.1, 0.15) is 24.6 Å². The summed E-state index contributed by atoms with van der Waals surface area (Å²) >= 11 is 0. The monoisotopic (exact) mass is 754 g/mol. The van der Waals surface area contributed by atoms with Crippen molar-refractivity contribution >= 4 is 31.5 Å². The lowest BCUT2D eigenvalue weighted by Gasteiger charge is -2.30. The van der Waals surface area contributed by atoms with E-state index in [1.54, 1.807) is 45.0 Å². The van der Waals surface area contributed by atoms with Crippen molar-refractivity contribution in [1.29, 1.82) is 0 Å². The van der Waals surface area contributed by atoms with Crippen molar-refractivity contribution in [1.82, 2.24) is 18.4 Å². The Morgan fingerprint density at radius 1 is 0.558 bits per heavy atom. The summed E-state index contributed by atoms with van der Waals surface area (Å²) < 4.78 is 59.3. The first-order valence-electron chi connectivity index (χ1n) is 19.3. The zero-order chi connectivity index (χ0) is 36.3. The maximum atomic E-state index is 14.0. The lowest BCUT2D eigenvalue weighted by Crippen LogP contribution is -2.38. The lowest BCUT2D eigenvalue weighted by molar-refractivity contribution is 0.118. The third kappa shape index (κ3) is 8.12. The van der Waals surface area contributed by atoms with E-state index in [9.17, 15) is 16.8 Å². The molecule has 0 unspecified atom stereocenters. The second-order valence-corrected chi connectivity index (χ2v) is 19.1. The number of nitrogens with zero attached hydrogens (tertiary/aromatic N) is 6. The molecule has 5 aliphatic rings. The first kappa shape index (κ1) is 37.4. The summed E-state index contributed by atoms with van der Waals surface area (Å²) in [5.41, 5.74) is 3.24. The Kier molecular flexibility index (Phi) is 11.7. The lowest BCUT2D eigenvalue weighted by atomic mass is 9.83. The molecule has 4 heterocycles. The fourth-order valence-corrected chi connectivity index (χ4v) is 11.0. The van der Waals surface area contributed by atoms with Gasteiger partial charge in [-0.15, -0.1) is 0 Å². The molecule has 7 rings (SSSR count). The van der Waals surface area contributed by atoms with E-state index < -0.39 is 20.0 Å². The van der Waals surface area contributed by atoms with Crippen molar-refractivity contribution in [3.05, 3.63) is 58.7 Å². The fourth-order valence-electron chi connectivity index (χ4n) is 7.98. The molecule has 284 valence electrons. The zero-order valence-corrected chi connectivity index (χ0v) is 32.3. The largest absolute Gasteiger partial charge is 0.394 e. The van der Waals surface area contributed by atoms with E-state index in [-0.39, 0.29) is 9.79 Å². The van der Waals surface area contributed by atoms with Crippen LogP contribution < -0.4 is 0 Å². The van der Waals surface area contributed by atoms with Crippen LogP contribution in [0, 0.1) is 11.8 Å². The number of hydrogen-bond donors (Lipinski definition) is 0. The van der Waals surface area contributed by atoms with E-state index in [4.69, 9.17) is 9.68 Å². The Morgan fingerprint density at radius 2 is 0.923 bits per heavy atom. The maximum Gasteiger partial charge on any atom is 0.243 e. The number of piperidine rings is 2. The molecular formula is C38H54N6O6S2. The van der Waals surface area contributed by atoms with Gasteiger partial charge in [0.05, 0.1) is 9.79 Å². The van der Waals surface area contributed by atoms with E-state index in [1.807, 2.05) is 0 Å². The Balaban J connectivity index is 1.29. The molecule has 2 aromatic rings. The van der Waals surface area contributed by atoms with Gasteiger partial charge in [0.15, 0.2) is 0 Å². The third-order valence-corrected chi connectivity index (χ3v) is 15.3. The van der Waals surface area contributed by atoms with Crippen LogP contribution in [0.15, 0.2) is 56.5 Å². The fraction of sp³-hybridized carbons (Fsp3) is 0.632. The molecule has 12 nitrogen and oxygen atoms in total. The van der Waals surface area contributed by atoms with Crippen LogP contribution in [0.1, 0.15) is 87.5 Å². The van der Waals surface area contributed by atoms with Crippen LogP contribution in [-0.4, -0.2) is 125 Å². The van der Waals surface area contributed by atoms with Gasteiger partial charge in [0, 0.05) is 61.5 Å². The van der Waals surface area contributed by atoms with Crippen molar-refractivity contribution in [3.8, 4) is 0 Å². The maximum absolute atomic E-state index is 14.0. The molecule has 4 fully saturated rings. The third-order valence-electron chi connectivity index (χ3n) is 11.5. The van der Waals surface area contributed by atoms with Gasteiger partial charge >= 0.3 is 0 Å². The second kappa shape index (κ2) is 16.2. The van der Waals surface area contributed by atoms with Crippen molar-refractivity contribution in [2.75, 3.05) is 78.7 Å². The number of benzene rings is 2. The summed E-state index contributed by atoms with van der Waals surface area (Å²) in [7, 11) is -7.61. The summed E-state index contributed by atoms with van der Waals surface area (Å²) in [5, 5.41) is 9.33. The number of likely N-dealkylation sites (tertiary alicyclic amines) is 2. The number of hydrogen-bond acceptors (Lipinski definition) is 10. The molecule has 0 spiro atoms. The normalized spacial score (nSPS) is 21.7. The Hall–Kier alpha value is -2.88. The van der Waals surface area contributed by atoms with Crippen molar-refractivity contribution < 1.29 is 26.5 Å². The predicted octanol–water partition coefficient (Wildman–Crippen LogP) is 4.57. The van der Waals surface area contributed by atoms with Crippen LogP contribution in [-0.2, 0) is 29.7 Å².